The summed E-state index contributed by atoms with van der Waals surface area (Å²) in [5.74, 6) is -0.182. The van der Waals surface area contributed by atoms with Crippen LogP contribution in [0.3, 0.4) is 0 Å². The zero-order valence-corrected chi connectivity index (χ0v) is 11.3. The number of benzene rings is 1. The minimum absolute atomic E-state index is 0.0162. The van der Waals surface area contributed by atoms with E-state index in [1.807, 2.05) is 18.2 Å². The van der Waals surface area contributed by atoms with Crippen molar-refractivity contribution in [2.45, 2.75) is 25.9 Å². The molecule has 1 aromatic rings. The molecule has 0 amide bonds. The molecule has 2 rings (SSSR count). The fourth-order valence-electron chi connectivity index (χ4n) is 2.56. The highest BCUT2D eigenvalue weighted by Crippen LogP contribution is 2.30. The number of likely N-dealkylation sites (tertiary alicyclic amines) is 1. The molecule has 18 heavy (non-hydrogen) atoms. The quantitative estimate of drug-likeness (QED) is 0.607. The van der Waals surface area contributed by atoms with E-state index in [-0.39, 0.29) is 24.0 Å². The highest BCUT2D eigenvalue weighted by atomic mass is 35.5. The van der Waals surface area contributed by atoms with Crippen molar-refractivity contribution in [3.05, 3.63) is 35.9 Å². The molecule has 3 nitrogen and oxygen atoms in total. The van der Waals surface area contributed by atoms with Crippen LogP contribution in [-0.2, 0) is 16.1 Å². The summed E-state index contributed by atoms with van der Waals surface area (Å²) in [6, 6.07) is 10.5. The van der Waals surface area contributed by atoms with Gasteiger partial charge in [-0.2, -0.15) is 0 Å². The van der Waals surface area contributed by atoms with E-state index in [1.165, 1.54) is 5.56 Å². The van der Waals surface area contributed by atoms with Crippen LogP contribution < -0.4 is 0 Å². The summed E-state index contributed by atoms with van der Waals surface area (Å²) in [5.41, 5.74) is 1.28. The highest BCUT2D eigenvalue weighted by Gasteiger charge is 2.42. The Morgan fingerprint density at radius 3 is 2.78 bits per heavy atom. The van der Waals surface area contributed by atoms with Crippen LogP contribution in [0.25, 0.3) is 0 Å². The molecule has 0 spiro atoms. The van der Waals surface area contributed by atoms with Crippen LogP contribution >= 0.6 is 11.6 Å². The van der Waals surface area contributed by atoms with Crippen molar-refractivity contribution in [2.24, 2.45) is 5.92 Å². The number of esters is 1. The van der Waals surface area contributed by atoms with Gasteiger partial charge in [-0.15, -0.1) is 0 Å². The molecule has 2 atom stereocenters. The molecule has 98 valence electrons. The smallest absolute Gasteiger partial charge is 0.313 e. The average Bonchev–Trinajstić information content (AvgIpc) is 2.36. The van der Waals surface area contributed by atoms with Crippen molar-refractivity contribution in [3.63, 3.8) is 0 Å². The van der Waals surface area contributed by atoms with Crippen molar-refractivity contribution in [1.29, 1.82) is 0 Å². The lowest BCUT2D eigenvalue weighted by molar-refractivity contribution is -0.158. The van der Waals surface area contributed by atoms with Crippen LogP contribution in [-0.4, -0.2) is 29.5 Å². The lowest BCUT2D eigenvalue weighted by Crippen LogP contribution is -2.58. The molecule has 0 aliphatic carbocycles. The lowest BCUT2D eigenvalue weighted by atomic mass is 9.86. The molecule has 0 N–H and O–H groups in total. The van der Waals surface area contributed by atoms with E-state index in [0.29, 0.717) is 0 Å². The predicted octanol–water partition coefficient (Wildman–Crippen LogP) is 2.64. The first-order chi connectivity index (χ1) is 8.76. The number of halogens is 1. The SMILES string of the molecule is CCC1C(C(=O)OCCl)CN1Cc1ccccc1. The van der Waals surface area contributed by atoms with Crippen molar-refractivity contribution >= 4 is 17.6 Å². The number of hydrogen-bond donors (Lipinski definition) is 0. The zero-order valence-electron chi connectivity index (χ0n) is 10.5. The minimum Gasteiger partial charge on any atom is -0.449 e. The molecular formula is C14H18ClNO2. The number of rotatable bonds is 5. The molecule has 4 heteroatoms. The van der Waals surface area contributed by atoms with E-state index in [0.717, 1.165) is 19.5 Å². The van der Waals surface area contributed by atoms with Crippen molar-refractivity contribution < 1.29 is 9.53 Å². The Kier molecular flexibility index (Phi) is 4.61. The highest BCUT2D eigenvalue weighted by molar-refractivity contribution is 6.17. The molecule has 1 heterocycles. The Hall–Kier alpha value is -1.06. The monoisotopic (exact) mass is 267 g/mol. The van der Waals surface area contributed by atoms with Gasteiger partial charge in [0.1, 0.15) is 0 Å². The van der Waals surface area contributed by atoms with Gasteiger partial charge in [-0.1, -0.05) is 48.9 Å². The van der Waals surface area contributed by atoms with E-state index in [2.05, 4.69) is 24.0 Å². The van der Waals surface area contributed by atoms with Gasteiger partial charge in [0.05, 0.1) is 5.92 Å². The van der Waals surface area contributed by atoms with Gasteiger partial charge in [0.2, 0.25) is 0 Å². The minimum atomic E-state index is -0.166. The van der Waals surface area contributed by atoms with Crippen molar-refractivity contribution in [2.75, 3.05) is 12.6 Å². The summed E-state index contributed by atoms with van der Waals surface area (Å²) < 4.78 is 4.88. The molecule has 1 fully saturated rings. The van der Waals surface area contributed by atoms with Crippen LogP contribution in [0.4, 0.5) is 0 Å². The fourth-order valence-corrected chi connectivity index (χ4v) is 2.67. The Balaban J connectivity index is 1.91. The zero-order chi connectivity index (χ0) is 13.0. The maximum absolute atomic E-state index is 11.7. The Bertz CT molecular complexity index is 396. The van der Waals surface area contributed by atoms with Gasteiger partial charge in [0.25, 0.3) is 0 Å². The molecule has 0 bridgehead atoms. The Morgan fingerprint density at radius 2 is 2.17 bits per heavy atom. The third-order valence-corrected chi connectivity index (χ3v) is 3.62. The topological polar surface area (TPSA) is 29.5 Å². The molecule has 1 saturated heterocycles. The van der Waals surface area contributed by atoms with Gasteiger partial charge < -0.3 is 4.74 Å². The summed E-state index contributed by atoms with van der Waals surface area (Å²) in [6.45, 7) is 3.76. The second-order valence-corrected chi connectivity index (χ2v) is 4.79. The van der Waals surface area contributed by atoms with Crippen molar-refractivity contribution in [3.8, 4) is 0 Å². The van der Waals surface area contributed by atoms with Crippen LogP contribution in [0.2, 0.25) is 0 Å². The molecule has 0 saturated carbocycles. The number of ether oxygens (including phenoxy) is 1. The molecule has 0 aromatic heterocycles. The van der Waals surface area contributed by atoms with Crippen LogP contribution in [0.15, 0.2) is 30.3 Å². The second kappa shape index (κ2) is 6.21. The number of hydrogen-bond acceptors (Lipinski definition) is 3. The maximum atomic E-state index is 11.7. The van der Waals surface area contributed by atoms with Gasteiger partial charge in [-0.05, 0) is 12.0 Å². The number of nitrogens with zero attached hydrogens (tertiary/aromatic N) is 1. The number of carbonyl (C=O) groups is 1. The average molecular weight is 268 g/mol. The van der Waals surface area contributed by atoms with E-state index in [9.17, 15) is 4.79 Å². The van der Waals surface area contributed by atoms with E-state index in [1.54, 1.807) is 0 Å². The normalized spacial score (nSPS) is 23.4. The van der Waals surface area contributed by atoms with Gasteiger partial charge >= 0.3 is 5.97 Å². The standard InChI is InChI=1S/C14H18ClNO2/c1-2-13-12(14(17)18-10-15)9-16(13)8-11-6-4-3-5-7-11/h3-7,12-13H,2,8-10H2,1H3. The third-order valence-electron chi connectivity index (χ3n) is 3.51. The van der Waals surface area contributed by atoms with Gasteiger partial charge in [-0.25, -0.2) is 0 Å². The molecule has 0 radical (unpaired) electrons. The van der Waals surface area contributed by atoms with E-state index >= 15 is 0 Å². The number of carbonyl (C=O) groups excluding carboxylic acids is 1. The Morgan fingerprint density at radius 1 is 1.44 bits per heavy atom. The van der Waals surface area contributed by atoms with Crippen LogP contribution in [0, 0.1) is 5.92 Å². The molecule has 2 unspecified atom stereocenters. The molecule has 1 aromatic carbocycles. The summed E-state index contributed by atoms with van der Waals surface area (Å²) >= 11 is 5.42. The molecule has 1 aliphatic heterocycles. The Labute approximate surface area is 113 Å². The summed E-state index contributed by atoms with van der Waals surface area (Å²) in [7, 11) is 0. The summed E-state index contributed by atoms with van der Waals surface area (Å²) in [6.07, 6.45) is 0.953. The van der Waals surface area contributed by atoms with E-state index in [4.69, 9.17) is 16.3 Å². The van der Waals surface area contributed by atoms with Crippen LogP contribution in [0.5, 0.6) is 0 Å². The predicted molar refractivity (Wildman–Crippen MR) is 71.2 cm³/mol. The first kappa shape index (κ1) is 13.4. The van der Waals surface area contributed by atoms with Gasteiger partial charge in [0, 0.05) is 19.1 Å². The third kappa shape index (κ3) is 2.85. The van der Waals surface area contributed by atoms with Gasteiger partial charge in [-0.3, -0.25) is 9.69 Å². The van der Waals surface area contributed by atoms with Crippen LogP contribution in [0.1, 0.15) is 18.9 Å². The maximum Gasteiger partial charge on any atom is 0.313 e. The lowest BCUT2D eigenvalue weighted by Gasteiger charge is -2.46. The summed E-state index contributed by atoms with van der Waals surface area (Å²) in [4.78, 5) is 14.0. The fraction of sp³-hybridized carbons (Fsp3) is 0.500. The molecule has 1 aliphatic rings. The molecular weight excluding hydrogens is 250 g/mol. The first-order valence-electron chi connectivity index (χ1n) is 6.26. The first-order valence-corrected chi connectivity index (χ1v) is 6.80. The van der Waals surface area contributed by atoms with Gasteiger partial charge in [0.15, 0.2) is 6.07 Å². The second-order valence-electron chi connectivity index (χ2n) is 4.57. The summed E-state index contributed by atoms with van der Waals surface area (Å²) in [5, 5.41) is 0. The van der Waals surface area contributed by atoms with Crippen molar-refractivity contribution in [1.82, 2.24) is 4.90 Å². The number of alkyl halides is 1. The van der Waals surface area contributed by atoms with E-state index < -0.39 is 0 Å². The largest absolute Gasteiger partial charge is 0.449 e.